The van der Waals surface area contributed by atoms with Crippen LogP contribution in [0.3, 0.4) is 0 Å². The second-order valence-electron chi connectivity index (χ2n) is 4.44. The molecular weight excluding hydrogens is 308 g/mol. The fourth-order valence-electron chi connectivity index (χ4n) is 1.87. The van der Waals surface area contributed by atoms with E-state index in [-0.39, 0.29) is 0 Å². The van der Waals surface area contributed by atoms with Crippen LogP contribution in [0.4, 0.5) is 11.4 Å². The van der Waals surface area contributed by atoms with Crippen LogP contribution in [0.15, 0.2) is 34.1 Å². The van der Waals surface area contributed by atoms with Crippen molar-refractivity contribution in [3.05, 3.63) is 44.6 Å². The van der Waals surface area contributed by atoms with Crippen molar-refractivity contribution in [2.45, 2.75) is 13.3 Å². The lowest BCUT2D eigenvalue weighted by Crippen LogP contribution is -2.21. The van der Waals surface area contributed by atoms with E-state index in [1.165, 1.54) is 14.2 Å². The van der Waals surface area contributed by atoms with Crippen molar-refractivity contribution >= 4 is 38.6 Å². The molecule has 4 heteroatoms. The lowest BCUT2D eigenvalue weighted by molar-refractivity contribution is 0.888. The number of halogens is 1. The minimum absolute atomic E-state index is 0.843. The molecule has 1 heterocycles. The van der Waals surface area contributed by atoms with Gasteiger partial charge < -0.3 is 10.6 Å². The number of hydrogen-bond acceptors (Lipinski definition) is 3. The third kappa shape index (κ3) is 3.27. The van der Waals surface area contributed by atoms with Crippen LogP contribution in [0, 0.1) is 6.92 Å². The van der Waals surface area contributed by atoms with E-state index in [9.17, 15) is 0 Å². The van der Waals surface area contributed by atoms with Gasteiger partial charge in [0.25, 0.3) is 0 Å². The predicted molar refractivity (Wildman–Crippen MR) is 84.6 cm³/mol. The molecule has 1 aromatic heterocycles. The highest BCUT2D eigenvalue weighted by molar-refractivity contribution is 9.11. The van der Waals surface area contributed by atoms with Crippen molar-refractivity contribution < 1.29 is 0 Å². The smallest absolute Gasteiger partial charge is 0.0701 e. The van der Waals surface area contributed by atoms with E-state index in [1.807, 2.05) is 12.1 Å². The first-order chi connectivity index (χ1) is 8.56. The Hall–Kier alpha value is -1.000. The minimum Gasteiger partial charge on any atom is -0.397 e. The molecule has 0 saturated heterocycles. The zero-order valence-corrected chi connectivity index (χ0v) is 13.0. The Morgan fingerprint density at radius 1 is 1.28 bits per heavy atom. The number of benzene rings is 1. The van der Waals surface area contributed by atoms with E-state index in [0.29, 0.717) is 0 Å². The van der Waals surface area contributed by atoms with Crippen molar-refractivity contribution in [3.8, 4) is 0 Å². The van der Waals surface area contributed by atoms with Gasteiger partial charge in [-0.1, -0.05) is 6.07 Å². The summed E-state index contributed by atoms with van der Waals surface area (Å²) in [5, 5.41) is 0. The molecule has 0 aliphatic heterocycles. The molecular formula is C14H17BrN2S. The van der Waals surface area contributed by atoms with Gasteiger partial charge in [-0.05, 0) is 59.1 Å². The monoisotopic (exact) mass is 324 g/mol. The van der Waals surface area contributed by atoms with Gasteiger partial charge in [-0.3, -0.25) is 0 Å². The van der Waals surface area contributed by atoms with E-state index in [2.05, 4.69) is 53.0 Å². The number of thiophene rings is 1. The SMILES string of the molecule is Cc1ccc(N)c(N(C)CCc2ccc(Br)s2)c1. The van der Waals surface area contributed by atoms with Crippen LogP contribution in [0.2, 0.25) is 0 Å². The Kier molecular flexibility index (Phi) is 4.30. The predicted octanol–water partition coefficient (Wildman–Crippen LogP) is 4.08. The van der Waals surface area contributed by atoms with Gasteiger partial charge in [0.15, 0.2) is 0 Å². The number of likely N-dealkylation sites (N-methyl/N-ethyl adjacent to an activating group) is 1. The van der Waals surface area contributed by atoms with Gasteiger partial charge in [-0.2, -0.15) is 0 Å². The molecule has 0 bridgehead atoms. The van der Waals surface area contributed by atoms with Crippen LogP contribution in [0.25, 0.3) is 0 Å². The van der Waals surface area contributed by atoms with Crippen LogP contribution >= 0.6 is 27.3 Å². The number of hydrogen-bond donors (Lipinski definition) is 1. The molecule has 1 aromatic carbocycles. The molecule has 0 radical (unpaired) electrons. The van der Waals surface area contributed by atoms with Gasteiger partial charge in [0, 0.05) is 18.5 Å². The number of aryl methyl sites for hydroxylation is 1. The Labute approximate surface area is 121 Å². The molecule has 0 aliphatic carbocycles. The standard InChI is InChI=1S/C14H17BrN2S/c1-10-3-5-12(16)13(9-10)17(2)8-7-11-4-6-14(15)18-11/h3-6,9H,7-8,16H2,1-2H3. The summed E-state index contributed by atoms with van der Waals surface area (Å²) in [7, 11) is 2.09. The molecule has 0 saturated carbocycles. The summed E-state index contributed by atoms with van der Waals surface area (Å²) in [4.78, 5) is 3.61. The zero-order valence-electron chi connectivity index (χ0n) is 10.6. The van der Waals surface area contributed by atoms with Crippen LogP contribution in [0.1, 0.15) is 10.4 Å². The van der Waals surface area contributed by atoms with Crippen molar-refractivity contribution in [1.29, 1.82) is 0 Å². The first kappa shape index (κ1) is 13.4. The molecule has 0 unspecified atom stereocenters. The Bertz CT molecular complexity index is 536. The summed E-state index contributed by atoms with van der Waals surface area (Å²) in [5.41, 5.74) is 9.22. The largest absolute Gasteiger partial charge is 0.397 e. The summed E-state index contributed by atoms with van der Waals surface area (Å²) in [6.45, 7) is 3.06. The number of nitrogens with two attached hydrogens (primary N) is 1. The first-order valence-electron chi connectivity index (χ1n) is 5.88. The fourth-order valence-corrected chi connectivity index (χ4v) is 3.34. The third-order valence-corrected chi connectivity index (χ3v) is 4.60. The summed E-state index contributed by atoms with van der Waals surface area (Å²) in [5.74, 6) is 0. The van der Waals surface area contributed by atoms with Crippen molar-refractivity contribution in [1.82, 2.24) is 0 Å². The quantitative estimate of drug-likeness (QED) is 0.858. The summed E-state index contributed by atoms with van der Waals surface area (Å²) < 4.78 is 1.19. The molecule has 96 valence electrons. The van der Waals surface area contributed by atoms with E-state index in [1.54, 1.807) is 11.3 Å². The molecule has 0 spiro atoms. The molecule has 18 heavy (non-hydrogen) atoms. The van der Waals surface area contributed by atoms with Crippen molar-refractivity contribution in [3.63, 3.8) is 0 Å². The Balaban J connectivity index is 2.03. The van der Waals surface area contributed by atoms with Crippen molar-refractivity contribution in [2.75, 3.05) is 24.2 Å². The minimum atomic E-state index is 0.843. The van der Waals surface area contributed by atoms with E-state index in [4.69, 9.17) is 5.73 Å². The molecule has 2 nitrogen and oxygen atoms in total. The normalized spacial score (nSPS) is 10.6. The van der Waals surface area contributed by atoms with Crippen LogP contribution in [0.5, 0.6) is 0 Å². The highest BCUT2D eigenvalue weighted by Crippen LogP contribution is 2.25. The van der Waals surface area contributed by atoms with Crippen LogP contribution in [-0.2, 0) is 6.42 Å². The van der Waals surface area contributed by atoms with Gasteiger partial charge in [0.1, 0.15) is 0 Å². The average molecular weight is 325 g/mol. The van der Waals surface area contributed by atoms with E-state index < -0.39 is 0 Å². The van der Waals surface area contributed by atoms with Gasteiger partial charge in [0.05, 0.1) is 15.2 Å². The molecule has 0 fully saturated rings. The van der Waals surface area contributed by atoms with Crippen LogP contribution in [-0.4, -0.2) is 13.6 Å². The summed E-state index contributed by atoms with van der Waals surface area (Å²) >= 11 is 5.28. The zero-order chi connectivity index (χ0) is 13.1. The fraction of sp³-hybridized carbons (Fsp3) is 0.286. The van der Waals surface area contributed by atoms with Gasteiger partial charge in [-0.15, -0.1) is 11.3 Å². The summed E-state index contributed by atoms with van der Waals surface area (Å²) in [6, 6.07) is 10.4. The maximum atomic E-state index is 6.02. The maximum Gasteiger partial charge on any atom is 0.0701 e. The second kappa shape index (κ2) is 5.76. The molecule has 2 rings (SSSR count). The lowest BCUT2D eigenvalue weighted by Gasteiger charge is -2.21. The molecule has 2 aromatic rings. The van der Waals surface area contributed by atoms with Crippen molar-refractivity contribution in [2.24, 2.45) is 0 Å². The number of anilines is 2. The Morgan fingerprint density at radius 3 is 2.72 bits per heavy atom. The van der Waals surface area contributed by atoms with Gasteiger partial charge >= 0.3 is 0 Å². The Morgan fingerprint density at radius 2 is 2.06 bits per heavy atom. The number of rotatable bonds is 4. The molecule has 0 amide bonds. The highest BCUT2D eigenvalue weighted by Gasteiger charge is 2.06. The van der Waals surface area contributed by atoms with Gasteiger partial charge in [-0.25, -0.2) is 0 Å². The number of nitrogens with zero attached hydrogens (tertiary/aromatic N) is 1. The highest BCUT2D eigenvalue weighted by atomic mass is 79.9. The average Bonchev–Trinajstić information content (AvgIpc) is 2.75. The van der Waals surface area contributed by atoms with Crippen LogP contribution < -0.4 is 10.6 Å². The van der Waals surface area contributed by atoms with E-state index >= 15 is 0 Å². The van der Waals surface area contributed by atoms with E-state index in [0.717, 1.165) is 24.3 Å². The molecule has 0 atom stereocenters. The third-order valence-electron chi connectivity index (χ3n) is 2.92. The second-order valence-corrected chi connectivity index (χ2v) is 6.99. The molecule has 2 N–H and O–H groups in total. The van der Waals surface area contributed by atoms with Gasteiger partial charge in [0.2, 0.25) is 0 Å². The topological polar surface area (TPSA) is 29.3 Å². The summed E-state index contributed by atoms with van der Waals surface area (Å²) in [6.07, 6.45) is 1.04. The maximum absolute atomic E-state index is 6.02. The number of nitrogen functional groups attached to an aromatic ring is 1. The molecule has 0 aliphatic rings. The lowest BCUT2D eigenvalue weighted by atomic mass is 10.1. The first-order valence-corrected chi connectivity index (χ1v) is 7.48.